The van der Waals surface area contributed by atoms with Crippen LogP contribution >= 0.6 is 0 Å². The Morgan fingerprint density at radius 3 is 2.25 bits per heavy atom. The van der Waals surface area contributed by atoms with Gasteiger partial charge in [-0.3, -0.25) is 0 Å². The Kier molecular flexibility index (Phi) is 4.47. The highest BCUT2D eigenvalue weighted by Crippen LogP contribution is 2.41. The van der Waals surface area contributed by atoms with E-state index in [4.69, 9.17) is 4.43 Å². The second kappa shape index (κ2) is 4.95. The summed E-state index contributed by atoms with van der Waals surface area (Å²) in [6.45, 7) is 14.4. The Morgan fingerprint density at radius 1 is 1.12 bits per heavy atom. The highest BCUT2D eigenvalue weighted by atomic mass is 29.3. The molecule has 1 rings (SSSR count). The van der Waals surface area contributed by atoms with Crippen molar-refractivity contribution < 1.29 is 4.43 Å². The molecule has 1 aliphatic heterocycles. The van der Waals surface area contributed by atoms with Crippen molar-refractivity contribution in [3.05, 3.63) is 0 Å². The summed E-state index contributed by atoms with van der Waals surface area (Å²) in [5.41, 5.74) is 0.160. The minimum Gasteiger partial charge on any atom is -0.415 e. The highest BCUT2D eigenvalue weighted by molar-refractivity contribution is 7.38. The van der Waals surface area contributed by atoms with Gasteiger partial charge >= 0.3 is 0 Å². The van der Waals surface area contributed by atoms with E-state index < -0.39 is 15.4 Å². The number of rotatable bonds is 4. The molecule has 1 atom stereocenters. The zero-order valence-electron chi connectivity index (χ0n) is 12.2. The van der Waals surface area contributed by atoms with Crippen LogP contribution in [0.1, 0.15) is 46.5 Å². The van der Waals surface area contributed by atoms with Crippen LogP contribution in [0.2, 0.25) is 31.7 Å². The van der Waals surface area contributed by atoms with Gasteiger partial charge in [0.1, 0.15) is 0 Å². The largest absolute Gasteiger partial charge is 0.415 e. The van der Waals surface area contributed by atoms with Crippen molar-refractivity contribution in [2.45, 2.75) is 83.8 Å². The first-order valence-electron chi connectivity index (χ1n) is 6.93. The van der Waals surface area contributed by atoms with Gasteiger partial charge in [0.05, 0.1) is 13.2 Å². The van der Waals surface area contributed by atoms with Crippen LogP contribution in [-0.4, -0.2) is 21.0 Å². The van der Waals surface area contributed by atoms with Gasteiger partial charge in [0.15, 0.2) is 7.83 Å². The van der Waals surface area contributed by atoms with Crippen molar-refractivity contribution >= 4 is 15.4 Å². The first kappa shape index (κ1) is 14.5. The standard InChI is InChI=1S/C13H30OSi2/c1-7-8-9-11-16(6)12-10-13(2,3)14-15(16,4)5/h7-12H2,1-6H3. The van der Waals surface area contributed by atoms with Gasteiger partial charge in [-0.15, -0.1) is 0 Å². The van der Waals surface area contributed by atoms with Gasteiger partial charge in [0.25, 0.3) is 0 Å². The lowest BCUT2D eigenvalue weighted by molar-refractivity contribution is 0.0930. The van der Waals surface area contributed by atoms with E-state index in [-0.39, 0.29) is 5.60 Å². The molecule has 3 heteroatoms. The van der Waals surface area contributed by atoms with Crippen molar-refractivity contribution in [2.75, 3.05) is 0 Å². The molecule has 1 nitrogen and oxygen atoms in total. The Hall–Kier alpha value is 0.394. The first-order chi connectivity index (χ1) is 7.22. The molecule has 0 spiro atoms. The molecule has 16 heavy (non-hydrogen) atoms. The summed E-state index contributed by atoms with van der Waals surface area (Å²) in [6.07, 6.45) is 5.49. The van der Waals surface area contributed by atoms with Crippen LogP contribution in [0.4, 0.5) is 0 Å². The van der Waals surface area contributed by atoms with Crippen LogP contribution in [0.15, 0.2) is 0 Å². The monoisotopic (exact) mass is 258 g/mol. The lowest BCUT2D eigenvalue weighted by atomic mass is 10.1. The molecule has 0 amide bonds. The summed E-state index contributed by atoms with van der Waals surface area (Å²) in [5.74, 6) is 0. The number of hydrogen-bond acceptors (Lipinski definition) is 1. The molecule has 96 valence electrons. The number of unbranched alkanes of at least 4 members (excludes halogenated alkanes) is 2. The third-order valence-corrected chi connectivity index (χ3v) is 21.9. The summed E-state index contributed by atoms with van der Waals surface area (Å²) in [4.78, 5) is 0. The minimum atomic E-state index is -1.39. The van der Waals surface area contributed by atoms with Gasteiger partial charge in [-0.2, -0.15) is 0 Å². The summed E-state index contributed by atoms with van der Waals surface area (Å²) < 4.78 is 6.51. The fraction of sp³-hybridized carbons (Fsp3) is 1.00. The fourth-order valence-electron chi connectivity index (χ4n) is 2.93. The maximum Gasteiger partial charge on any atom is 0.174 e. The molecule has 0 N–H and O–H groups in total. The topological polar surface area (TPSA) is 9.23 Å². The Balaban J connectivity index is 2.65. The fourth-order valence-corrected chi connectivity index (χ4v) is 14.4. The predicted molar refractivity (Wildman–Crippen MR) is 78.0 cm³/mol. The molecule has 0 aliphatic carbocycles. The van der Waals surface area contributed by atoms with Crippen molar-refractivity contribution in [2.24, 2.45) is 0 Å². The molecule has 0 aromatic rings. The van der Waals surface area contributed by atoms with Gasteiger partial charge in [0, 0.05) is 0 Å². The highest BCUT2D eigenvalue weighted by Gasteiger charge is 2.52. The SMILES string of the molecule is CCCCC[Si]1(C)CCC(C)(C)O[Si]1(C)C. The molecule has 1 unspecified atom stereocenters. The van der Waals surface area contributed by atoms with Gasteiger partial charge in [-0.25, -0.2) is 0 Å². The quantitative estimate of drug-likeness (QED) is 0.523. The van der Waals surface area contributed by atoms with Crippen molar-refractivity contribution in [3.63, 3.8) is 0 Å². The van der Waals surface area contributed by atoms with Gasteiger partial charge in [0.2, 0.25) is 0 Å². The summed E-state index contributed by atoms with van der Waals surface area (Å²) in [7, 11) is -2.46. The maximum absolute atomic E-state index is 6.51. The van der Waals surface area contributed by atoms with Crippen molar-refractivity contribution in [1.82, 2.24) is 0 Å². The third kappa shape index (κ3) is 3.20. The molecule has 0 bridgehead atoms. The van der Waals surface area contributed by atoms with Gasteiger partial charge in [-0.1, -0.05) is 44.8 Å². The van der Waals surface area contributed by atoms with Crippen LogP contribution in [0.5, 0.6) is 0 Å². The molecule has 1 heterocycles. The van der Waals surface area contributed by atoms with E-state index >= 15 is 0 Å². The van der Waals surface area contributed by atoms with Gasteiger partial charge in [-0.05, 0) is 33.4 Å². The van der Waals surface area contributed by atoms with Crippen LogP contribution in [-0.2, 0) is 4.43 Å². The second-order valence-electron chi connectivity index (χ2n) is 6.89. The van der Waals surface area contributed by atoms with E-state index in [2.05, 4.69) is 40.4 Å². The number of hydrogen-bond donors (Lipinski definition) is 0. The summed E-state index contributed by atoms with van der Waals surface area (Å²) >= 11 is 0. The smallest absolute Gasteiger partial charge is 0.174 e. The molecular formula is C13H30OSi2. The van der Waals surface area contributed by atoms with E-state index in [1.54, 1.807) is 0 Å². The Bertz CT molecular complexity index is 238. The maximum atomic E-state index is 6.51. The zero-order valence-corrected chi connectivity index (χ0v) is 14.2. The normalized spacial score (nSPS) is 32.6. The molecule has 1 aliphatic rings. The molecule has 0 aromatic carbocycles. The summed E-state index contributed by atoms with van der Waals surface area (Å²) in [6, 6.07) is 3.01. The molecule has 0 saturated carbocycles. The van der Waals surface area contributed by atoms with Crippen molar-refractivity contribution in [1.29, 1.82) is 0 Å². The second-order valence-corrected chi connectivity index (χ2v) is 21.5. The lowest BCUT2D eigenvalue weighted by Gasteiger charge is -2.51. The van der Waals surface area contributed by atoms with E-state index in [0.717, 1.165) is 0 Å². The third-order valence-electron chi connectivity index (χ3n) is 4.60. The Labute approximate surface area is 104 Å². The van der Waals surface area contributed by atoms with Gasteiger partial charge < -0.3 is 4.43 Å². The van der Waals surface area contributed by atoms with Crippen molar-refractivity contribution in [3.8, 4) is 0 Å². The molecule has 0 radical (unpaired) electrons. The molecule has 0 aromatic heterocycles. The predicted octanol–water partition coefficient (Wildman–Crippen LogP) is 4.74. The zero-order chi connectivity index (χ0) is 12.4. The average molecular weight is 259 g/mol. The van der Waals surface area contributed by atoms with Crippen LogP contribution < -0.4 is 0 Å². The minimum absolute atomic E-state index is 0.160. The van der Waals surface area contributed by atoms with Crippen LogP contribution in [0.3, 0.4) is 0 Å². The average Bonchev–Trinajstić information content (AvgIpc) is 2.12. The van der Waals surface area contributed by atoms with E-state index in [1.165, 1.54) is 37.8 Å². The lowest BCUT2D eigenvalue weighted by Crippen LogP contribution is -2.65. The van der Waals surface area contributed by atoms with Crippen LogP contribution in [0, 0.1) is 0 Å². The van der Waals surface area contributed by atoms with Crippen LogP contribution in [0.25, 0.3) is 0 Å². The molecular weight excluding hydrogens is 228 g/mol. The van der Waals surface area contributed by atoms with E-state index in [9.17, 15) is 0 Å². The molecule has 1 fully saturated rings. The molecule has 1 saturated heterocycles. The van der Waals surface area contributed by atoms with E-state index in [1.807, 2.05) is 0 Å². The first-order valence-corrected chi connectivity index (χ1v) is 13.7. The Morgan fingerprint density at radius 2 is 1.75 bits per heavy atom. The van der Waals surface area contributed by atoms with E-state index in [0.29, 0.717) is 0 Å². The summed E-state index contributed by atoms with van der Waals surface area (Å²) in [5, 5.41) is 0.